The van der Waals surface area contributed by atoms with Crippen LogP contribution in [0.1, 0.15) is 12.5 Å². The number of thioether (sulfide) groups is 1. The summed E-state index contributed by atoms with van der Waals surface area (Å²) in [5, 5.41) is -0.377. The topological polar surface area (TPSA) is 72.9 Å². The quantitative estimate of drug-likeness (QED) is 0.217. The van der Waals surface area contributed by atoms with Gasteiger partial charge < -0.3 is 9.47 Å². The van der Waals surface area contributed by atoms with Gasteiger partial charge in [-0.15, -0.1) is 6.42 Å². The molecule has 1 aromatic carbocycles. The number of carbonyl (C=O) groups is 3. The van der Waals surface area contributed by atoms with Gasteiger partial charge in [-0.1, -0.05) is 5.92 Å². The first kappa shape index (κ1) is 21.0. The van der Waals surface area contributed by atoms with Gasteiger partial charge in [-0.25, -0.2) is 4.79 Å². The fraction of sp³-hybridized carbons (Fsp3) is 0.235. The maximum atomic E-state index is 12.2. The SMILES string of the molecule is C#CCN1C(=O)S/C(=C/c2cc(I)c(OCC(=O)OCC)c(I)c2)C1=O. The molecular formula is C17H13I2NO5S. The van der Waals surface area contributed by atoms with Crippen molar-refractivity contribution in [2.24, 2.45) is 0 Å². The van der Waals surface area contributed by atoms with Gasteiger partial charge in [0.05, 0.1) is 25.2 Å². The molecule has 0 N–H and O–H groups in total. The predicted molar refractivity (Wildman–Crippen MR) is 116 cm³/mol. The number of ether oxygens (including phenoxy) is 2. The first-order chi connectivity index (χ1) is 12.4. The van der Waals surface area contributed by atoms with Gasteiger partial charge in [-0.2, -0.15) is 0 Å². The van der Waals surface area contributed by atoms with Crippen LogP contribution in [-0.2, 0) is 14.3 Å². The van der Waals surface area contributed by atoms with E-state index in [0.717, 1.165) is 29.4 Å². The van der Waals surface area contributed by atoms with E-state index >= 15 is 0 Å². The molecule has 136 valence electrons. The molecule has 6 nitrogen and oxygen atoms in total. The van der Waals surface area contributed by atoms with Crippen LogP contribution < -0.4 is 4.74 Å². The molecule has 0 spiro atoms. The Morgan fingerprint density at radius 1 is 1.35 bits per heavy atom. The zero-order chi connectivity index (χ0) is 19.3. The summed E-state index contributed by atoms with van der Waals surface area (Å²) in [6.07, 6.45) is 6.82. The van der Waals surface area contributed by atoms with E-state index < -0.39 is 11.9 Å². The van der Waals surface area contributed by atoms with Crippen LogP contribution >= 0.6 is 56.9 Å². The number of nitrogens with zero attached hydrogens (tertiary/aromatic N) is 1. The summed E-state index contributed by atoms with van der Waals surface area (Å²) in [6.45, 7) is 1.80. The summed E-state index contributed by atoms with van der Waals surface area (Å²) in [4.78, 5) is 36.8. The van der Waals surface area contributed by atoms with Crippen molar-refractivity contribution >= 4 is 80.1 Å². The minimum Gasteiger partial charge on any atom is -0.480 e. The van der Waals surface area contributed by atoms with Crippen molar-refractivity contribution in [1.29, 1.82) is 0 Å². The van der Waals surface area contributed by atoms with Crippen molar-refractivity contribution in [1.82, 2.24) is 4.90 Å². The summed E-state index contributed by atoms with van der Waals surface area (Å²) in [7, 11) is 0. The van der Waals surface area contributed by atoms with Crippen molar-refractivity contribution < 1.29 is 23.9 Å². The third-order valence-electron chi connectivity index (χ3n) is 3.08. The summed E-state index contributed by atoms with van der Waals surface area (Å²) in [5.41, 5.74) is 0.744. The highest BCUT2D eigenvalue weighted by Crippen LogP contribution is 2.34. The molecular weight excluding hydrogens is 584 g/mol. The zero-order valence-corrected chi connectivity index (χ0v) is 18.7. The largest absolute Gasteiger partial charge is 0.480 e. The molecule has 1 saturated heterocycles. The molecule has 1 fully saturated rings. The molecule has 0 aliphatic carbocycles. The standard InChI is InChI=1S/C17H13I2NO5S/c1-3-5-20-16(22)13(26-17(20)23)8-10-6-11(18)15(12(19)7-10)25-9-14(21)24-4-2/h1,6-8H,4-5,9H2,2H3/b13-8+. The molecule has 1 aliphatic rings. The van der Waals surface area contributed by atoms with Gasteiger partial charge in [-0.05, 0) is 87.6 Å². The van der Waals surface area contributed by atoms with Gasteiger partial charge in [0.1, 0.15) is 5.75 Å². The van der Waals surface area contributed by atoms with Gasteiger partial charge in [0.25, 0.3) is 11.1 Å². The first-order valence-corrected chi connectivity index (χ1v) is 10.3. The lowest BCUT2D eigenvalue weighted by atomic mass is 10.2. The highest BCUT2D eigenvalue weighted by atomic mass is 127. The highest BCUT2D eigenvalue weighted by Gasteiger charge is 2.34. The van der Waals surface area contributed by atoms with Crippen molar-refractivity contribution in [3.05, 3.63) is 29.7 Å². The van der Waals surface area contributed by atoms with E-state index in [4.69, 9.17) is 15.9 Å². The summed E-state index contributed by atoms with van der Waals surface area (Å²) < 4.78 is 11.9. The Hall–Kier alpha value is -1.26. The zero-order valence-electron chi connectivity index (χ0n) is 13.6. The molecule has 0 saturated carbocycles. The molecule has 1 aliphatic heterocycles. The Labute approximate surface area is 182 Å². The van der Waals surface area contributed by atoms with Crippen LogP contribution in [0.25, 0.3) is 6.08 Å². The van der Waals surface area contributed by atoms with Crippen molar-refractivity contribution in [3.8, 4) is 18.1 Å². The summed E-state index contributed by atoms with van der Waals surface area (Å²) >= 11 is 5.03. The monoisotopic (exact) mass is 597 g/mol. The lowest BCUT2D eigenvalue weighted by Gasteiger charge is -2.11. The number of benzene rings is 1. The number of terminal acetylenes is 1. The second-order valence-corrected chi connectivity index (χ2v) is 8.20. The van der Waals surface area contributed by atoms with Crippen LogP contribution in [0.2, 0.25) is 0 Å². The Bertz CT molecular complexity index is 808. The molecule has 0 atom stereocenters. The maximum Gasteiger partial charge on any atom is 0.344 e. The van der Waals surface area contributed by atoms with Crippen LogP contribution in [0.15, 0.2) is 17.0 Å². The second-order valence-electron chi connectivity index (χ2n) is 4.88. The van der Waals surface area contributed by atoms with E-state index in [1.165, 1.54) is 0 Å². The molecule has 26 heavy (non-hydrogen) atoms. The van der Waals surface area contributed by atoms with Crippen molar-refractivity contribution in [2.45, 2.75) is 6.92 Å². The van der Waals surface area contributed by atoms with Gasteiger partial charge >= 0.3 is 5.97 Å². The van der Waals surface area contributed by atoms with Crippen LogP contribution in [0.3, 0.4) is 0 Å². The number of imide groups is 1. The number of amides is 2. The number of hydrogen-bond donors (Lipinski definition) is 0. The van der Waals surface area contributed by atoms with Gasteiger partial charge in [0.15, 0.2) is 6.61 Å². The average molecular weight is 597 g/mol. The lowest BCUT2D eigenvalue weighted by molar-refractivity contribution is -0.145. The molecule has 1 heterocycles. The second kappa shape index (κ2) is 9.61. The van der Waals surface area contributed by atoms with E-state index in [9.17, 15) is 14.4 Å². The molecule has 0 aromatic heterocycles. The Balaban J connectivity index is 2.20. The molecule has 2 rings (SSSR count). The predicted octanol–water partition coefficient (Wildman–Crippen LogP) is 3.51. The Morgan fingerprint density at radius 3 is 2.58 bits per heavy atom. The maximum absolute atomic E-state index is 12.2. The molecule has 0 bridgehead atoms. The Morgan fingerprint density at radius 2 is 2.00 bits per heavy atom. The van der Waals surface area contributed by atoms with Crippen LogP contribution in [0, 0.1) is 19.5 Å². The third kappa shape index (κ3) is 5.14. The molecule has 1 aromatic rings. The Kier molecular flexibility index (Phi) is 7.78. The van der Waals surface area contributed by atoms with Crippen LogP contribution in [0.4, 0.5) is 4.79 Å². The molecule has 2 amide bonds. The minimum absolute atomic E-state index is 0.0439. The van der Waals surface area contributed by atoms with Gasteiger partial charge in [-0.3, -0.25) is 14.5 Å². The molecule has 0 radical (unpaired) electrons. The van der Waals surface area contributed by atoms with Gasteiger partial charge in [0.2, 0.25) is 0 Å². The number of hydrogen-bond acceptors (Lipinski definition) is 6. The smallest absolute Gasteiger partial charge is 0.344 e. The number of esters is 1. The van der Waals surface area contributed by atoms with Crippen LogP contribution in [-0.4, -0.2) is 41.8 Å². The van der Waals surface area contributed by atoms with Crippen molar-refractivity contribution in [3.63, 3.8) is 0 Å². The van der Waals surface area contributed by atoms with Crippen LogP contribution in [0.5, 0.6) is 5.75 Å². The minimum atomic E-state index is -0.439. The van der Waals surface area contributed by atoms with E-state index in [-0.39, 0.29) is 18.4 Å². The van der Waals surface area contributed by atoms with E-state index in [2.05, 4.69) is 51.1 Å². The lowest BCUT2D eigenvalue weighted by Crippen LogP contribution is -2.28. The van der Waals surface area contributed by atoms with Gasteiger partial charge in [0, 0.05) is 0 Å². The summed E-state index contributed by atoms with van der Waals surface area (Å²) in [5.74, 6) is 2.03. The van der Waals surface area contributed by atoms with E-state index in [0.29, 0.717) is 17.3 Å². The highest BCUT2D eigenvalue weighted by molar-refractivity contribution is 14.1. The number of halogens is 2. The molecule has 0 unspecified atom stereocenters. The average Bonchev–Trinajstić information content (AvgIpc) is 2.82. The van der Waals surface area contributed by atoms with E-state index in [1.807, 2.05) is 0 Å². The number of rotatable bonds is 6. The normalized spacial score (nSPS) is 15.3. The first-order valence-electron chi connectivity index (χ1n) is 7.33. The van der Waals surface area contributed by atoms with E-state index in [1.54, 1.807) is 25.1 Å². The fourth-order valence-electron chi connectivity index (χ4n) is 2.01. The third-order valence-corrected chi connectivity index (χ3v) is 5.59. The number of carbonyl (C=O) groups excluding carboxylic acids is 3. The fourth-order valence-corrected chi connectivity index (χ4v) is 4.98. The summed E-state index contributed by atoms with van der Waals surface area (Å²) in [6, 6.07) is 3.61. The molecule has 9 heteroatoms. The van der Waals surface area contributed by atoms with Crippen molar-refractivity contribution in [2.75, 3.05) is 19.8 Å².